The van der Waals surface area contributed by atoms with E-state index in [1.807, 2.05) is 0 Å². The lowest BCUT2D eigenvalue weighted by Crippen LogP contribution is -2.50. The van der Waals surface area contributed by atoms with Crippen LogP contribution < -0.4 is 5.32 Å². The number of carbonyl (C=O) groups excluding carboxylic acids is 1. The summed E-state index contributed by atoms with van der Waals surface area (Å²) in [5.41, 5.74) is 0. The van der Waals surface area contributed by atoms with E-state index in [0.717, 1.165) is 39.0 Å². The van der Waals surface area contributed by atoms with Crippen molar-refractivity contribution in [2.75, 3.05) is 39.3 Å². The number of nitrogens with zero attached hydrogens (tertiary/aromatic N) is 3. The fraction of sp³-hybridized carbons (Fsp3) is 0.846. The van der Waals surface area contributed by atoms with Gasteiger partial charge in [-0.2, -0.15) is 5.26 Å². The second-order valence-corrected chi connectivity index (χ2v) is 5.26. The van der Waals surface area contributed by atoms with Crippen LogP contribution in [0.5, 0.6) is 0 Å². The summed E-state index contributed by atoms with van der Waals surface area (Å²) in [5.74, 6) is 0.163. The lowest BCUT2D eigenvalue weighted by atomic mass is 10.2. The molecule has 1 N–H and O–H groups in total. The van der Waals surface area contributed by atoms with Crippen LogP contribution in [0.1, 0.15) is 25.7 Å². The number of hydrogen-bond donors (Lipinski definition) is 1. The summed E-state index contributed by atoms with van der Waals surface area (Å²) in [6, 6.07) is 2.58. The standard InChI is InChI=1S/C13H22N4O/c14-5-6-16-7-9-17(10-8-16)11-13(18)15-12-3-1-2-4-12/h12H,1-4,6-11H2,(H,15,18). The molecule has 0 atom stereocenters. The van der Waals surface area contributed by atoms with Gasteiger partial charge in [0.25, 0.3) is 0 Å². The van der Waals surface area contributed by atoms with Gasteiger partial charge in [0.05, 0.1) is 19.2 Å². The predicted octanol–water partition coefficient (Wildman–Crippen LogP) is 0.186. The maximum Gasteiger partial charge on any atom is 0.234 e. The average molecular weight is 250 g/mol. The van der Waals surface area contributed by atoms with E-state index in [2.05, 4.69) is 21.2 Å². The monoisotopic (exact) mass is 250 g/mol. The van der Waals surface area contributed by atoms with Crippen LogP contribution in [0, 0.1) is 11.3 Å². The van der Waals surface area contributed by atoms with Crippen LogP contribution in [0.2, 0.25) is 0 Å². The van der Waals surface area contributed by atoms with Crippen LogP contribution in [-0.2, 0) is 4.79 Å². The Morgan fingerprint density at radius 2 is 1.78 bits per heavy atom. The van der Waals surface area contributed by atoms with Gasteiger partial charge in [0.15, 0.2) is 0 Å². The summed E-state index contributed by atoms with van der Waals surface area (Å²) >= 11 is 0. The molecule has 5 nitrogen and oxygen atoms in total. The highest BCUT2D eigenvalue weighted by Gasteiger charge is 2.21. The molecular formula is C13H22N4O. The highest BCUT2D eigenvalue weighted by atomic mass is 16.2. The maximum absolute atomic E-state index is 11.9. The molecule has 1 amide bonds. The van der Waals surface area contributed by atoms with Crippen LogP contribution in [0.3, 0.4) is 0 Å². The van der Waals surface area contributed by atoms with Crippen molar-refractivity contribution < 1.29 is 4.79 Å². The van der Waals surface area contributed by atoms with Gasteiger partial charge in [-0.15, -0.1) is 0 Å². The van der Waals surface area contributed by atoms with E-state index >= 15 is 0 Å². The third-order valence-corrected chi connectivity index (χ3v) is 3.85. The van der Waals surface area contributed by atoms with Crippen molar-refractivity contribution in [2.45, 2.75) is 31.7 Å². The SMILES string of the molecule is N#CCN1CCN(CC(=O)NC2CCCC2)CC1. The van der Waals surface area contributed by atoms with Gasteiger partial charge in [-0.3, -0.25) is 14.6 Å². The summed E-state index contributed by atoms with van der Waals surface area (Å²) in [5, 5.41) is 11.7. The lowest BCUT2D eigenvalue weighted by Gasteiger charge is -2.33. The van der Waals surface area contributed by atoms with Crippen molar-refractivity contribution in [3.05, 3.63) is 0 Å². The molecule has 1 saturated heterocycles. The zero-order valence-electron chi connectivity index (χ0n) is 10.9. The zero-order chi connectivity index (χ0) is 12.8. The van der Waals surface area contributed by atoms with Crippen LogP contribution in [0.15, 0.2) is 0 Å². The van der Waals surface area contributed by atoms with E-state index in [4.69, 9.17) is 5.26 Å². The molecule has 100 valence electrons. The Bertz CT molecular complexity index is 311. The largest absolute Gasteiger partial charge is 0.352 e. The average Bonchev–Trinajstić information content (AvgIpc) is 2.84. The number of piperazine rings is 1. The van der Waals surface area contributed by atoms with Gasteiger partial charge in [0.2, 0.25) is 5.91 Å². The molecule has 2 rings (SSSR count). The summed E-state index contributed by atoms with van der Waals surface area (Å²) in [6.45, 7) is 4.58. The van der Waals surface area contributed by atoms with E-state index in [0.29, 0.717) is 19.1 Å². The van der Waals surface area contributed by atoms with Crippen molar-refractivity contribution in [3.8, 4) is 6.07 Å². The number of nitrogens with one attached hydrogen (secondary N) is 1. The van der Waals surface area contributed by atoms with Crippen LogP contribution in [-0.4, -0.2) is 61.0 Å². The molecule has 0 unspecified atom stereocenters. The highest BCUT2D eigenvalue weighted by Crippen LogP contribution is 2.17. The third-order valence-electron chi connectivity index (χ3n) is 3.85. The first-order valence-corrected chi connectivity index (χ1v) is 6.89. The summed E-state index contributed by atoms with van der Waals surface area (Å²) in [4.78, 5) is 16.2. The molecule has 1 heterocycles. The van der Waals surface area contributed by atoms with Gasteiger partial charge in [-0.25, -0.2) is 0 Å². The van der Waals surface area contributed by atoms with Crippen molar-refractivity contribution in [1.29, 1.82) is 5.26 Å². The minimum absolute atomic E-state index is 0.163. The van der Waals surface area contributed by atoms with Gasteiger partial charge in [0, 0.05) is 32.2 Å². The molecule has 18 heavy (non-hydrogen) atoms. The van der Waals surface area contributed by atoms with E-state index < -0.39 is 0 Å². The van der Waals surface area contributed by atoms with Crippen molar-refractivity contribution in [3.63, 3.8) is 0 Å². The Morgan fingerprint density at radius 1 is 1.17 bits per heavy atom. The number of amides is 1. The maximum atomic E-state index is 11.9. The van der Waals surface area contributed by atoms with E-state index in [9.17, 15) is 4.79 Å². The fourth-order valence-corrected chi connectivity index (χ4v) is 2.75. The normalized spacial score (nSPS) is 22.8. The quantitative estimate of drug-likeness (QED) is 0.723. The molecule has 0 aromatic carbocycles. The Morgan fingerprint density at radius 3 is 2.39 bits per heavy atom. The Kier molecular flexibility index (Phi) is 4.97. The summed E-state index contributed by atoms with van der Waals surface area (Å²) in [7, 11) is 0. The first-order chi connectivity index (χ1) is 8.78. The van der Waals surface area contributed by atoms with Crippen LogP contribution in [0.25, 0.3) is 0 Å². The van der Waals surface area contributed by atoms with Gasteiger partial charge in [-0.05, 0) is 12.8 Å². The minimum Gasteiger partial charge on any atom is -0.352 e. The second kappa shape index (κ2) is 6.72. The molecule has 1 aliphatic carbocycles. The molecule has 5 heteroatoms. The Hall–Kier alpha value is -1.12. The number of hydrogen-bond acceptors (Lipinski definition) is 4. The van der Waals surface area contributed by atoms with Crippen molar-refractivity contribution in [2.24, 2.45) is 0 Å². The van der Waals surface area contributed by atoms with Gasteiger partial charge >= 0.3 is 0 Å². The van der Waals surface area contributed by atoms with E-state index in [-0.39, 0.29) is 5.91 Å². The molecular weight excluding hydrogens is 228 g/mol. The smallest absolute Gasteiger partial charge is 0.234 e. The van der Waals surface area contributed by atoms with E-state index in [1.54, 1.807) is 0 Å². The lowest BCUT2D eigenvalue weighted by molar-refractivity contribution is -0.123. The summed E-state index contributed by atoms with van der Waals surface area (Å²) in [6.07, 6.45) is 4.78. The Labute approximate surface area is 109 Å². The number of carbonyl (C=O) groups is 1. The molecule has 2 aliphatic rings. The molecule has 1 aliphatic heterocycles. The first-order valence-electron chi connectivity index (χ1n) is 6.89. The zero-order valence-corrected chi connectivity index (χ0v) is 10.9. The number of nitriles is 1. The first kappa shape index (κ1) is 13.3. The van der Waals surface area contributed by atoms with Gasteiger partial charge in [-0.1, -0.05) is 12.8 Å². The molecule has 0 spiro atoms. The molecule has 0 aromatic heterocycles. The third kappa shape index (κ3) is 3.97. The van der Waals surface area contributed by atoms with Gasteiger partial charge in [0.1, 0.15) is 0 Å². The van der Waals surface area contributed by atoms with Crippen LogP contribution in [0.4, 0.5) is 0 Å². The van der Waals surface area contributed by atoms with Gasteiger partial charge < -0.3 is 5.32 Å². The molecule has 0 aromatic rings. The molecule has 0 bridgehead atoms. The van der Waals surface area contributed by atoms with Crippen molar-refractivity contribution in [1.82, 2.24) is 15.1 Å². The molecule has 2 fully saturated rings. The number of rotatable bonds is 4. The fourth-order valence-electron chi connectivity index (χ4n) is 2.75. The highest BCUT2D eigenvalue weighted by molar-refractivity contribution is 5.78. The minimum atomic E-state index is 0.163. The second-order valence-electron chi connectivity index (χ2n) is 5.26. The van der Waals surface area contributed by atoms with Crippen molar-refractivity contribution >= 4 is 5.91 Å². The van der Waals surface area contributed by atoms with Crippen LogP contribution >= 0.6 is 0 Å². The van der Waals surface area contributed by atoms with E-state index in [1.165, 1.54) is 12.8 Å². The topological polar surface area (TPSA) is 59.4 Å². The molecule has 1 saturated carbocycles. The summed E-state index contributed by atoms with van der Waals surface area (Å²) < 4.78 is 0. The molecule has 0 radical (unpaired) electrons. The Balaban J connectivity index is 1.64. The predicted molar refractivity (Wildman–Crippen MR) is 68.9 cm³/mol.